The minimum atomic E-state index is -0.810. The van der Waals surface area contributed by atoms with E-state index in [2.05, 4.69) is 36.1 Å². The van der Waals surface area contributed by atoms with E-state index in [1.54, 1.807) is 18.6 Å². The molecule has 2 N–H and O–H groups in total. The summed E-state index contributed by atoms with van der Waals surface area (Å²) in [7, 11) is 0. The highest BCUT2D eigenvalue weighted by Crippen LogP contribution is 2.23. The van der Waals surface area contributed by atoms with Crippen LogP contribution in [0.4, 0.5) is 5.82 Å². The highest BCUT2D eigenvalue weighted by atomic mass is 16.4. The van der Waals surface area contributed by atoms with E-state index >= 15 is 0 Å². The molecular weight excluding hydrogens is 218 g/mol. The molecule has 0 aliphatic heterocycles. The number of aliphatic carboxylic acids is 1. The molecule has 5 nitrogen and oxygen atoms in total. The number of aromatic nitrogens is 2. The van der Waals surface area contributed by atoms with Gasteiger partial charge >= 0.3 is 5.97 Å². The predicted molar refractivity (Wildman–Crippen MR) is 65.8 cm³/mol. The first kappa shape index (κ1) is 13.4. The van der Waals surface area contributed by atoms with Gasteiger partial charge in [-0.15, -0.1) is 0 Å². The van der Waals surface area contributed by atoms with Crippen LogP contribution in [0.2, 0.25) is 0 Å². The van der Waals surface area contributed by atoms with Gasteiger partial charge in [0.15, 0.2) is 0 Å². The molecule has 0 saturated carbocycles. The van der Waals surface area contributed by atoms with E-state index in [1.807, 2.05) is 0 Å². The summed E-state index contributed by atoms with van der Waals surface area (Å²) in [5, 5.41) is 12.0. The van der Waals surface area contributed by atoms with Crippen molar-refractivity contribution in [3.8, 4) is 0 Å². The monoisotopic (exact) mass is 237 g/mol. The fourth-order valence-electron chi connectivity index (χ4n) is 1.71. The molecule has 0 aromatic carbocycles. The van der Waals surface area contributed by atoms with Crippen molar-refractivity contribution in [3.05, 3.63) is 18.6 Å². The second kappa shape index (κ2) is 5.61. The van der Waals surface area contributed by atoms with Gasteiger partial charge in [0, 0.05) is 18.4 Å². The van der Waals surface area contributed by atoms with Crippen LogP contribution in [0.3, 0.4) is 0 Å². The number of hydrogen-bond donors (Lipinski definition) is 2. The molecule has 0 amide bonds. The van der Waals surface area contributed by atoms with Gasteiger partial charge in [0.05, 0.1) is 12.6 Å². The molecule has 17 heavy (non-hydrogen) atoms. The van der Waals surface area contributed by atoms with Crippen LogP contribution in [0.15, 0.2) is 18.6 Å². The molecular formula is C12H19N3O2. The zero-order valence-corrected chi connectivity index (χ0v) is 10.5. The van der Waals surface area contributed by atoms with Crippen molar-refractivity contribution < 1.29 is 9.90 Å². The van der Waals surface area contributed by atoms with Crippen LogP contribution in [-0.2, 0) is 4.79 Å². The Morgan fingerprint density at radius 1 is 1.47 bits per heavy atom. The van der Waals surface area contributed by atoms with Crippen LogP contribution in [0.5, 0.6) is 0 Å². The van der Waals surface area contributed by atoms with Gasteiger partial charge in [-0.2, -0.15) is 0 Å². The van der Waals surface area contributed by atoms with Gasteiger partial charge in [-0.3, -0.25) is 9.78 Å². The Morgan fingerprint density at radius 2 is 2.18 bits per heavy atom. The summed E-state index contributed by atoms with van der Waals surface area (Å²) in [6, 6.07) is -0.135. The van der Waals surface area contributed by atoms with Crippen molar-refractivity contribution in [3.63, 3.8) is 0 Å². The van der Waals surface area contributed by atoms with Gasteiger partial charge in [-0.1, -0.05) is 20.8 Å². The van der Waals surface area contributed by atoms with Crippen molar-refractivity contribution >= 4 is 11.8 Å². The maximum atomic E-state index is 10.8. The molecule has 0 aliphatic carbocycles. The average Bonchev–Trinajstić information content (AvgIpc) is 2.15. The highest BCUT2D eigenvalue weighted by Gasteiger charge is 2.21. The van der Waals surface area contributed by atoms with Crippen LogP contribution in [0, 0.1) is 5.41 Å². The molecule has 1 aromatic rings. The van der Waals surface area contributed by atoms with Crippen molar-refractivity contribution in [1.82, 2.24) is 9.97 Å². The summed E-state index contributed by atoms with van der Waals surface area (Å²) < 4.78 is 0. The molecule has 1 heterocycles. The zero-order chi connectivity index (χ0) is 12.9. The SMILES string of the molecule is CC(C)(C)CC(CC(=O)O)Nc1cnccn1. The quantitative estimate of drug-likeness (QED) is 0.820. The summed E-state index contributed by atoms with van der Waals surface area (Å²) in [6.07, 6.45) is 5.60. The predicted octanol–water partition coefficient (Wildman–Crippen LogP) is 2.17. The largest absolute Gasteiger partial charge is 0.481 e. The molecule has 1 aromatic heterocycles. The van der Waals surface area contributed by atoms with E-state index in [9.17, 15) is 4.79 Å². The van der Waals surface area contributed by atoms with Crippen molar-refractivity contribution in [2.75, 3.05) is 5.32 Å². The van der Waals surface area contributed by atoms with Gasteiger partial charge < -0.3 is 10.4 Å². The van der Waals surface area contributed by atoms with E-state index in [0.717, 1.165) is 6.42 Å². The Balaban J connectivity index is 2.67. The fourth-order valence-corrected chi connectivity index (χ4v) is 1.71. The molecule has 5 heteroatoms. The second-order valence-corrected chi connectivity index (χ2v) is 5.29. The number of rotatable bonds is 5. The topological polar surface area (TPSA) is 75.1 Å². The Kier molecular flexibility index (Phi) is 4.43. The Bertz CT molecular complexity index is 360. The summed E-state index contributed by atoms with van der Waals surface area (Å²) in [4.78, 5) is 18.8. The Hall–Kier alpha value is -1.65. The molecule has 0 fully saturated rings. The van der Waals surface area contributed by atoms with Crippen molar-refractivity contribution in [2.45, 2.75) is 39.7 Å². The summed E-state index contributed by atoms with van der Waals surface area (Å²) in [6.45, 7) is 6.25. The van der Waals surface area contributed by atoms with E-state index in [-0.39, 0.29) is 17.9 Å². The van der Waals surface area contributed by atoms with Gasteiger partial charge in [0.1, 0.15) is 5.82 Å². The van der Waals surface area contributed by atoms with E-state index in [1.165, 1.54) is 0 Å². The summed E-state index contributed by atoms with van der Waals surface area (Å²) >= 11 is 0. The highest BCUT2D eigenvalue weighted by molar-refractivity contribution is 5.68. The minimum Gasteiger partial charge on any atom is -0.481 e. The number of nitrogens with zero attached hydrogens (tertiary/aromatic N) is 2. The molecule has 0 bridgehead atoms. The lowest BCUT2D eigenvalue weighted by atomic mass is 9.87. The van der Waals surface area contributed by atoms with Crippen LogP contribution < -0.4 is 5.32 Å². The smallest absolute Gasteiger partial charge is 0.305 e. The summed E-state index contributed by atoms with van der Waals surface area (Å²) in [5.74, 6) is -0.196. The Morgan fingerprint density at radius 3 is 2.65 bits per heavy atom. The second-order valence-electron chi connectivity index (χ2n) is 5.29. The number of carboxylic acids is 1. The zero-order valence-electron chi connectivity index (χ0n) is 10.5. The van der Waals surface area contributed by atoms with Gasteiger partial charge in [-0.25, -0.2) is 4.98 Å². The number of anilines is 1. The van der Waals surface area contributed by atoms with E-state index < -0.39 is 5.97 Å². The number of carbonyl (C=O) groups is 1. The molecule has 94 valence electrons. The lowest BCUT2D eigenvalue weighted by molar-refractivity contribution is -0.137. The van der Waals surface area contributed by atoms with Crippen LogP contribution in [0.25, 0.3) is 0 Å². The minimum absolute atomic E-state index is 0.0648. The molecule has 1 rings (SSSR count). The molecule has 0 radical (unpaired) electrons. The van der Waals surface area contributed by atoms with Crippen molar-refractivity contribution in [1.29, 1.82) is 0 Å². The lowest BCUT2D eigenvalue weighted by Crippen LogP contribution is -2.28. The van der Waals surface area contributed by atoms with Crippen LogP contribution in [-0.4, -0.2) is 27.1 Å². The molecule has 1 atom stereocenters. The number of hydrogen-bond acceptors (Lipinski definition) is 4. The number of carboxylic acid groups (broad SMARTS) is 1. The Labute approximate surface area is 101 Å². The van der Waals surface area contributed by atoms with E-state index in [4.69, 9.17) is 5.11 Å². The third-order valence-electron chi connectivity index (χ3n) is 2.19. The molecule has 0 saturated heterocycles. The van der Waals surface area contributed by atoms with Crippen LogP contribution >= 0.6 is 0 Å². The standard InChI is InChI=1S/C12H19N3O2/c1-12(2,3)7-9(6-11(16)17)15-10-8-13-4-5-14-10/h4-5,8-9H,6-7H2,1-3H3,(H,14,15)(H,16,17). The average molecular weight is 237 g/mol. The normalized spacial score (nSPS) is 13.1. The molecule has 1 unspecified atom stereocenters. The van der Waals surface area contributed by atoms with Gasteiger partial charge in [0.25, 0.3) is 0 Å². The van der Waals surface area contributed by atoms with Gasteiger partial charge in [0.2, 0.25) is 0 Å². The summed E-state index contributed by atoms with van der Waals surface area (Å²) in [5.41, 5.74) is 0.0648. The first-order valence-electron chi connectivity index (χ1n) is 5.61. The maximum Gasteiger partial charge on any atom is 0.305 e. The number of nitrogens with one attached hydrogen (secondary N) is 1. The van der Waals surface area contributed by atoms with E-state index in [0.29, 0.717) is 5.82 Å². The first-order valence-corrected chi connectivity index (χ1v) is 5.61. The third kappa shape index (κ3) is 5.85. The maximum absolute atomic E-state index is 10.8. The molecule has 0 aliphatic rings. The van der Waals surface area contributed by atoms with Crippen LogP contribution in [0.1, 0.15) is 33.6 Å². The van der Waals surface area contributed by atoms with Gasteiger partial charge in [-0.05, 0) is 11.8 Å². The van der Waals surface area contributed by atoms with Crippen molar-refractivity contribution in [2.24, 2.45) is 5.41 Å². The fraction of sp³-hybridized carbons (Fsp3) is 0.583. The first-order chi connectivity index (χ1) is 7.87. The third-order valence-corrected chi connectivity index (χ3v) is 2.19. The molecule has 0 spiro atoms. The lowest BCUT2D eigenvalue weighted by Gasteiger charge is -2.26.